The molecule has 2 N–H and O–H groups in total. The Morgan fingerprint density at radius 3 is 2.83 bits per heavy atom. The molecule has 2 aromatic carbocycles. The van der Waals surface area contributed by atoms with Gasteiger partial charge in [0.05, 0.1) is 0 Å². The van der Waals surface area contributed by atoms with E-state index < -0.39 is 11.5 Å². The van der Waals surface area contributed by atoms with Crippen molar-refractivity contribution in [1.82, 2.24) is 9.88 Å². The van der Waals surface area contributed by atoms with Crippen LogP contribution in [0, 0.1) is 11.9 Å². The molecule has 1 saturated heterocycles. The lowest BCUT2D eigenvalue weighted by atomic mass is 9.71. The molecule has 8 nitrogen and oxygen atoms in total. The summed E-state index contributed by atoms with van der Waals surface area (Å²) in [6.45, 7) is 1.27. The highest BCUT2D eigenvalue weighted by molar-refractivity contribution is 5.76. The molecule has 1 fully saturated rings. The van der Waals surface area contributed by atoms with E-state index in [0.717, 1.165) is 11.1 Å². The Labute approximate surface area is 207 Å². The largest absolute Gasteiger partial charge is 0.490 e. The van der Waals surface area contributed by atoms with Crippen LogP contribution in [0.2, 0.25) is 0 Å². The number of amidine groups is 1. The summed E-state index contributed by atoms with van der Waals surface area (Å²) in [5.41, 5.74) is 7.85. The van der Waals surface area contributed by atoms with Crippen molar-refractivity contribution in [1.29, 1.82) is 0 Å². The van der Waals surface area contributed by atoms with Crippen LogP contribution in [0.5, 0.6) is 5.75 Å². The zero-order valence-electron chi connectivity index (χ0n) is 19.5. The molecular formula is C27H25FN4O4. The van der Waals surface area contributed by atoms with Crippen molar-refractivity contribution in [2.45, 2.75) is 24.7 Å². The number of nitrogens with two attached hydrogens (primary N) is 1. The second kappa shape index (κ2) is 8.82. The van der Waals surface area contributed by atoms with Gasteiger partial charge in [0.25, 0.3) is 6.02 Å². The molecule has 1 unspecified atom stereocenters. The van der Waals surface area contributed by atoms with E-state index in [1.165, 1.54) is 6.20 Å². The van der Waals surface area contributed by atoms with Crippen LogP contribution >= 0.6 is 0 Å². The number of nitrogens with zero attached hydrogens (tertiary/aromatic N) is 3. The van der Waals surface area contributed by atoms with Gasteiger partial charge in [-0.1, -0.05) is 36.4 Å². The van der Waals surface area contributed by atoms with E-state index in [2.05, 4.69) is 4.98 Å². The topological polar surface area (TPSA) is 99.3 Å². The second-order valence-electron chi connectivity index (χ2n) is 9.25. The van der Waals surface area contributed by atoms with Gasteiger partial charge in [0.15, 0.2) is 0 Å². The van der Waals surface area contributed by atoms with Gasteiger partial charge in [-0.3, -0.25) is 0 Å². The van der Waals surface area contributed by atoms with E-state index >= 15 is 0 Å². The summed E-state index contributed by atoms with van der Waals surface area (Å²) in [6.07, 6.45) is 1.45. The Bertz CT molecular complexity index is 1330. The molecule has 3 atom stereocenters. The number of likely N-dealkylation sites (tertiary alicyclic amines) is 1. The SMILES string of the molecule is NC1=N[C@]2(CO1)c1cc(-c3cccnc3F)ccc1O[C@H]1CCN(C(=O)OCc3ccccc3)CC12. The molecule has 6 rings (SSSR count). The van der Waals surface area contributed by atoms with Gasteiger partial charge in [0, 0.05) is 42.8 Å². The predicted molar refractivity (Wildman–Crippen MR) is 130 cm³/mol. The number of amides is 1. The van der Waals surface area contributed by atoms with Crippen molar-refractivity contribution in [3.05, 3.63) is 83.9 Å². The van der Waals surface area contributed by atoms with Gasteiger partial charge in [-0.25, -0.2) is 14.8 Å². The summed E-state index contributed by atoms with van der Waals surface area (Å²) in [5.74, 6) is -0.124. The number of fused-ring (bicyclic) bond motifs is 4. The van der Waals surface area contributed by atoms with Gasteiger partial charge in [-0.05, 0) is 35.4 Å². The Kier molecular flexibility index (Phi) is 5.47. The Hall–Kier alpha value is -4.14. The third-order valence-electron chi connectivity index (χ3n) is 7.17. The molecule has 9 heteroatoms. The van der Waals surface area contributed by atoms with Gasteiger partial charge in [0.1, 0.15) is 30.6 Å². The molecule has 0 bridgehead atoms. The average molecular weight is 489 g/mol. The molecule has 36 heavy (non-hydrogen) atoms. The van der Waals surface area contributed by atoms with Gasteiger partial charge in [0.2, 0.25) is 5.95 Å². The summed E-state index contributed by atoms with van der Waals surface area (Å²) in [7, 11) is 0. The Morgan fingerprint density at radius 2 is 2.06 bits per heavy atom. The normalized spacial score (nSPS) is 24.2. The van der Waals surface area contributed by atoms with E-state index in [0.29, 0.717) is 36.4 Å². The minimum absolute atomic E-state index is 0.0864. The monoisotopic (exact) mass is 488 g/mol. The standard InChI is InChI=1S/C27H25FN4O4/c28-24-19(7-4-11-30-24)18-8-9-22-20(13-18)27(16-35-25(29)31-27)21-14-32(12-10-23(21)36-22)26(33)34-15-17-5-2-1-3-6-17/h1-9,11,13,21,23H,10,12,14-16H2,(H2,29,31)/t21?,23-,27+/m0/s1. The molecule has 0 radical (unpaired) electrons. The van der Waals surface area contributed by atoms with Crippen molar-refractivity contribution >= 4 is 12.1 Å². The van der Waals surface area contributed by atoms with E-state index in [1.807, 2.05) is 48.5 Å². The lowest BCUT2D eigenvalue weighted by Crippen LogP contribution is -2.58. The van der Waals surface area contributed by atoms with Crippen LogP contribution in [-0.2, 0) is 21.6 Å². The van der Waals surface area contributed by atoms with E-state index in [-0.39, 0.29) is 37.4 Å². The number of hydrogen-bond donors (Lipinski definition) is 1. The summed E-state index contributed by atoms with van der Waals surface area (Å²) in [6, 6.07) is 18.5. The number of rotatable bonds is 3. The third kappa shape index (κ3) is 3.80. The van der Waals surface area contributed by atoms with Crippen LogP contribution in [-0.4, -0.2) is 47.8 Å². The van der Waals surface area contributed by atoms with Gasteiger partial charge in [-0.15, -0.1) is 0 Å². The molecule has 1 spiro atoms. The maximum absolute atomic E-state index is 14.5. The van der Waals surface area contributed by atoms with Crippen molar-refractivity contribution in [2.75, 3.05) is 19.7 Å². The molecule has 0 saturated carbocycles. The van der Waals surface area contributed by atoms with E-state index in [4.69, 9.17) is 24.9 Å². The number of hydrogen-bond acceptors (Lipinski definition) is 7. The predicted octanol–water partition coefficient (Wildman–Crippen LogP) is 3.85. The molecule has 0 aliphatic carbocycles. The van der Waals surface area contributed by atoms with Crippen molar-refractivity contribution in [3.63, 3.8) is 0 Å². The minimum atomic E-state index is -0.866. The highest BCUT2D eigenvalue weighted by atomic mass is 19.1. The number of carbonyl (C=O) groups excluding carboxylic acids is 1. The van der Waals surface area contributed by atoms with Crippen molar-refractivity contribution in [2.24, 2.45) is 16.6 Å². The lowest BCUT2D eigenvalue weighted by molar-refractivity contribution is -0.0234. The molecular weight excluding hydrogens is 463 g/mol. The van der Waals surface area contributed by atoms with Gasteiger partial charge in [-0.2, -0.15) is 4.39 Å². The van der Waals surface area contributed by atoms with Crippen LogP contribution in [0.1, 0.15) is 17.5 Å². The highest BCUT2D eigenvalue weighted by Gasteiger charge is 2.56. The zero-order valence-corrected chi connectivity index (χ0v) is 19.5. The molecule has 3 aliphatic rings. The second-order valence-corrected chi connectivity index (χ2v) is 9.25. The molecule has 1 amide bonds. The Balaban J connectivity index is 1.31. The smallest absolute Gasteiger partial charge is 0.410 e. The van der Waals surface area contributed by atoms with Crippen molar-refractivity contribution in [3.8, 4) is 16.9 Å². The average Bonchev–Trinajstić information content (AvgIpc) is 3.30. The molecule has 3 aliphatic heterocycles. The van der Waals surface area contributed by atoms with Crippen LogP contribution < -0.4 is 10.5 Å². The van der Waals surface area contributed by atoms with Crippen LogP contribution in [0.3, 0.4) is 0 Å². The lowest BCUT2D eigenvalue weighted by Gasteiger charge is -2.48. The number of halogens is 1. The van der Waals surface area contributed by atoms with Gasteiger partial charge < -0.3 is 24.8 Å². The maximum atomic E-state index is 14.5. The van der Waals surface area contributed by atoms with Gasteiger partial charge >= 0.3 is 6.09 Å². The van der Waals surface area contributed by atoms with E-state index in [9.17, 15) is 9.18 Å². The molecule has 4 heterocycles. The Morgan fingerprint density at radius 1 is 1.19 bits per heavy atom. The molecule has 184 valence electrons. The molecule has 3 aromatic rings. The number of carbonyl (C=O) groups is 1. The number of aromatic nitrogens is 1. The summed E-state index contributed by atoms with van der Waals surface area (Å²) >= 11 is 0. The first-order valence-corrected chi connectivity index (χ1v) is 11.9. The minimum Gasteiger partial charge on any atom is -0.490 e. The zero-order chi connectivity index (χ0) is 24.7. The number of ether oxygens (including phenoxy) is 3. The fourth-order valence-corrected chi connectivity index (χ4v) is 5.38. The highest BCUT2D eigenvalue weighted by Crippen LogP contribution is 2.51. The summed E-state index contributed by atoms with van der Waals surface area (Å²) in [5, 5.41) is 0. The van der Waals surface area contributed by atoms with Crippen LogP contribution in [0.15, 0.2) is 71.9 Å². The molecule has 1 aromatic heterocycles. The summed E-state index contributed by atoms with van der Waals surface area (Å²) in [4.78, 5) is 23.2. The first-order chi connectivity index (χ1) is 17.5. The number of aliphatic imine (C=N–C) groups is 1. The fourth-order valence-electron chi connectivity index (χ4n) is 5.38. The van der Waals surface area contributed by atoms with Crippen LogP contribution in [0.4, 0.5) is 9.18 Å². The van der Waals surface area contributed by atoms with Crippen LogP contribution in [0.25, 0.3) is 11.1 Å². The first-order valence-electron chi connectivity index (χ1n) is 11.9. The van der Waals surface area contributed by atoms with Crippen molar-refractivity contribution < 1.29 is 23.4 Å². The number of piperidine rings is 1. The first kappa shape index (κ1) is 22.3. The van der Waals surface area contributed by atoms with E-state index in [1.54, 1.807) is 17.0 Å². The number of benzene rings is 2. The number of pyridine rings is 1. The third-order valence-corrected chi connectivity index (χ3v) is 7.17. The fraction of sp³-hybridized carbons (Fsp3) is 0.296. The summed E-state index contributed by atoms with van der Waals surface area (Å²) < 4.78 is 32.1. The maximum Gasteiger partial charge on any atom is 0.410 e. The quantitative estimate of drug-likeness (QED) is 0.563.